The normalized spacial score (nSPS) is 28.5. The molecule has 0 radical (unpaired) electrons. The van der Waals surface area contributed by atoms with Gasteiger partial charge in [-0.15, -0.1) is 0 Å². The highest BCUT2D eigenvalue weighted by atomic mass is 16.2. The van der Waals surface area contributed by atoms with E-state index in [-0.39, 0.29) is 6.03 Å². The number of nitrogens with one attached hydrogen (secondary N) is 2. The minimum atomic E-state index is -0.0897. The van der Waals surface area contributed by atoms with Gasteiger partial charge in [-0.2, -0.15) is 0 Å². The molecule has 0 aliphatic carbocycles. The summed E-state index contributed by atoms with van der Waals surface area (Å²) in [4.78, 5) is 11.3. The van der Waals surface area contributed by atoms with Crippen molar-refractivity contribution in [1.29, 1.82) is 0 Å². The van der Waals surface area contributed by atoms with E-state index in [2.05, 4.69) is 29.6 Å². The van der Waals surface area contributed by atoms with Gasteiger partial charge < -0.3 is 5.32 Å². The average Bonchev–Trinajstić information content (AvgIpc) is 2.12. The molecule has 14 heavy (non-hydrogen) atoms. The molecule has 1 aliphatic heterocycles. The van der Waals surface area contributed by atoms with Crippen molar-refractivity contribution in [2.45, 2.75) is 52.1 Å². The van der Waals surface area contributed by atoms with Gasteiger partial charge >= 0.3 is 6.03 Å². The van der Waals surface area contributed by atoms with Gasteiger partial charge in [-0.1, -0.05) is 6.42 Å². The summed E-state index contributed by atoms with van der Waals surface area (Å²) in [5.74, 6) is 0. The first-order chi connectivity index (χ1) is 6.65. The molecule has 1 saturated heterocycles. The fourth-order valence-corrected chi connectivity index (χ4v) is 1.96. The number of hydrogen-bond acceptors (Lipinski definition) is 2. The third-order valence-corrected chi connectivity index (χ3v) is 2.76. The third-order valence-electron chi connectivity index (χ3n) is 2.76. The van der Waals surface area contributed by atoms with Gasteiger partial charge in [0.1, 0.15) is 0 Å². The van der Waals surface area contributed by atoms with Crippen molar-refractivity contribution in [2.75, 3.05) is 6.54 Å². The largest absolute Gasteiger partial charge is 0.337 e. The molecule has 82 valence electrons. The maximum Gasteiger partial charge on any atom is 0.329 e. The van der Waals surface area contributed by atoms with Crippen molar-refractivity contribution in [3.8, 4) is 0 Å². The van der Waals surface area contributed by atoms with Gasteiger partial charge in [-0.25, -0.2) is 9.80 Å². The van der Waals surface area contributed by atoms with Crippen LogP contribution in [0.4, 0.5) is 4.79 Å². The van der Waals surface area contributed by atoms with Crippen molar-refractivity contribution in [1.82, 2.24) is 15.8 Å². The number of hydrogen-bond donors (Lipinski definition) is 2. The van der Waals surface area contributed by atoms with Crippen LogP contribution in [-0.4, -0.2) is 29.7 Å². The molecule has 0 spiro atoms. The first-order valence-corrected chi connectivity index (χ1v) is 5.48. The van der Waals surface area contributed by atoms with Crippen LogP contribution in [0.15, 0.2) is 0 Å². The van der Waals surface area contributed by atoms with Crippen molar-refractivity contribution in [2.24, 2.45) is 0 Å². The van der Waals surface area contributed by atoms with Gasteiger partial charge in [0.25, 0.3) is 0 Å². The summed E-state index contributed by atoms with van der Waals surface area (Å²) in [6.07, 6.45) is 3.59. The molecule has 0 aromatic heterocycles. The summed E-state index contributed by atoms with van der Waals surface area (Å²) in [5.41, 5.74) is 2.90. The maximum absolute atomic E-state index is 11.3. The first-order valence-electron chi connectivity index (χ1n) is 5.48. The summed E-state index contributed by atoms with van der Waals surface area (Å²) >= 11 is 0. The highest BCUT2D eigenvalue weighted by Crippen LogP contribution is 2.19. The lowest BCUT2D eigenvalue weighted by atomic mass is 10.00. The Bertz CT molecular complexity index is 186. The summed E-state index contributed by atoms with van der Waals surface area (Å²) < 4.78 is 0. The molecule has 4 nitrogen and oxygen atoms in total. The Morgan fingerprint density at radius 1 is 1.36 bits per heavy atom. The van der Waals surface area contributed by atoms with Crippen LogP contribution in [0, 0.1) is 0 Å². The first kappa shape index (κ1) is 11.3. The Balaban J connectivity index is 2.43. The van der Waals surface area contributed by atoms with Gasteiger partial charge in [0.05, 0.1) is 0 Å². The van der Waals surface area contributed by atoms with Crippen LogP contribution < -0.4 is 10.7 Å². The molecule has 4 heteroatoms. The van der Waals surface area contributed by atoms with Crippen LogP contribution in [0.25, 0.3) is 0 Å². The number of amides is 2. The number of hydrazine groups is 1. The van der Waals surface area contributed by atoms with E-state index in [1.165, 1.54) is 6.42 Å². The number of piperidine rings is 1. The van der Waals surface area contributed by atoms with E-state index >= 15 is 0 Å². The van der Waals surface area contributed by atoms with Crippen LogP contribution in [0.3, 0.4) is 0 Å². The van der Waals surface area contributed by atoms with E-state index < -0.39 is 0 Å². The lowest BCUT2D eigenvalue weighted by Crippen LogP contribution is -2.56. The molecule has 2 atom stereocenters. The predicted octanol–water partition coefficient (Wildman–Crippen LogP) is 1.48. The molecule has 1 rings (SSSR count). The maximum atomic E-state index is 11.3. The van der Waals surface area contributed by atoms with Crippen molar-refractivity contribution >= 4 is 6.03 Å². The quantitative estimate of drug-likeness (QED) is 0.707. The molecule has 1 aliphatic rings. The van der Waals surface area contributed by atoms with Gasteiger partial charge in [-0.05, 0) is 33.6 Å². The van der Waals surface area contributed by atoms with Gasteiger partial charge in [-0.3, -0.25) is 5.43 Å². The molecule has 0 bridgehead atoms. The van der Waals surface area contributed by atoms with Gasteiger partial charge in [0.2, 0.25) is 0 Å². The summed E-state index contributed by atoms with van der Waals surface area (Å²) in [6.45, 7) is 6.90. The summed E-state index contributed by atoms with van der Waals surface area (Å²) in [5, 5.41) is 4.81. The zero-order chi connectivity index (χ0) is 10.6. The minimum Gasteiger partial charge on any atom is -0.337 e. The van der Waals surface area contributed by atoms with Crippen LogP contribution >= 0.6 is 0 Å². The van der Waals surface area contributed by atoms with Gasteiger partial charge in [0.15, 0.2) is 0 Å². The van der Waals surface area contributed by atoms with Gasteiger partial charge in [0, 0.05) is 18.6 Å². The van der Waals surface area contributed by atoms with Crippen molar-refractivity contribution in [3.63, 3.8) is 0 Å². The fraction of sp³-hybridized carbons (Fsp3) is 0.900. The van der Waals surface area contributed by atoms with Crippen LogP contribution in [0.2, 0.25) is 0 Å². The second-order valence-electron chi connectivity index (χ2n) is 4.01. The number of nitrogens with zero attached hydrogens (tertiary/aromatic N) is 1. The number of carbonyl (C=O) groups excluding carboxylic acids is 1. The van der Waals surface area contributed by atoms with E-state index in [9.17, 15) is 4.79 Å². The monoisotopic (exact) mass is 199 g/mol. The molecule has 1 heterocycles. The molecule has 2 amide bonds. The second-order valence-corrected chi connectivity index (χ2v) is 4.01. The van der Waals surface area contributed by atoms with Crippen LogP contribution in [0.1, 0.15) is 40.0 Å². The Hall–Kier alpha value is -0.770. The lowest BCUT2D eigenvalue weighted by Gasteiger charge is -2.38. The molecular weight excluding hydrogens is 178 g/mol. The van der Waals surface area contributed by atoms with Crippen molar-refractivity contribution in [3.05, 3.63) is 0 Å². The number of rotatable bonds is 2. The molecular formula is C10H21N3O. The summed E-state index contributed by atoms with van der Waals surface area (Å²) in [6, 6.07) is 0.802. The molecule has 0 saturated carbocycles. The topological polar surface area (TPSA) is 44.4 Å². The molecule has 0 aromatic rings. The highest BCUT2D eigenvalue weighted by Gasteiger charge is 2.25. The zero-order valence-corrected chi connectivity index (χ0v) is 9.34. The average molecular weight is 199 g/mol. The highest BCUT2D eigenvalue weighted by molar-refractivity contribution is 5.73. The second kappa shape index (κ2) is 5.20. The zero-order valence-electron chi connectivity index (χ0n) is 9.34. The SMILES string of the molecule is CCNC(=O)NN1C(C)CCCC1C. The number of urea groups is 1. The van der Waals surface area contributed by atoms with Crippen LogP contribution in [-0.2, 0) is 0 Å². The minimum absolute atomic E-state index is 0.0897. The van der Waals surface area contributed by atoms with Crippen LogP contribution in [0.5, 0.6) is 0 Å². The van der Waals surface area contributed by atoms with E-state index in [4.69, 9.17) is 0 Å². The Morgan fingerprint density at radius 3 is 2.43 bits per heavy atom. The number of carbonyl (C=O) groups is 1. The molecule has 1 fully saturated rings. The molecule has 0 aromatic carbocycles. The predicted molar refractivity (Wildman–Crippen MR) is 56.8 cm³/mol. The Kier molecular flexibility index (Phi) is 4.20. The smallest absolute Gasteiger partial charge is 0.329 e. The lowest BCUT2D eigenvalue weighted by molar-refractivity contribution is 0.0596. The molecule has 2 N–H and O–H groups in total. The standard InChI is InChI=1S/C10H21N3O/c1-4-11-10(14)12-13-8(2)6-5-7-9(13)3/h8-9H,4-7H2,1-3H3,(H2,11,12,14). The fourth-order valence-electron chi connectivity index (χ4n) is 1.96. The summed E-state index contributed by atoms with van der Waals surface area (Å²) in [7, 11) is 0. The van der Waals surface area contributed by atoms with E-state index in [1.54, 1.807) is 0 Å². The van der Waals surface area contributed by atoms with E-state index in [0.717, 1.165) is 12.8 Å². The molecule has 2 unspecified atom stereocenters. The van der Waals surface area contributed by atoms with Crippen molar-refractivity contribution < 1.29 is 4.79 Å². The van der Waals surface area contributed by atoms with E-state index in [0.29, 0.717) is 18.6 Å². The van der Waals surface area contributed by atoms with E-state index in [1.807, 2.05) is 6.92 Å². The Morgan fingerprint density at radius 2 is 1.93 bits per heavy atom. The Labute approximate surface area is 86.0 Å². The third kappa shape index (κ3) is 2.87.